The highest BCUT2D eigenvalue weighted by atomic mass is 35.5. The summed E-state index contributed by atoms with van der Waals surface area (Å²) in [5, 5.41) is 6.11. The molecule has 0 spiro atoms. The molecule has 1 amide bonds. The van der Waals surface area contributed by atoms with Gasteiger partial charge in [0, 0.05) is 24.7 Å². The van der Waals surface area contributed by atoms with Crippen LogP contribution in [0.5, 0.6) is 0 Å². The molecule has 0 aliphatic carbocycles. The van der Waals surface area contributed by atoms with E-state index in [2.05, 4.69) is 23.5 Å². The molecule has 1 aliphatic rings. The summed E-state index contributed by atoms with van der Waals surface area (Å²) in [5.74, 6) is 0.169. The van der Waals surface area contributed by atoms with Crippen molar-refractivity contribution in [2.45, 2.75) is 6.54 Å². The normalized spacial score (nSPS) is 16.1. The lowest BCUT2D eigenvalue weighted by Crippen LogP contribution is -2.47. The molecule has 1 N–H and O–H groups in total. The zero-order valence-electron chi connectivity index (χ0n) is 10.5. The predicted molar refractivity (Wildman–Crippen MR) is 77.2 cm³/mol. The van der Waals surface area contributed by atoms with Crippen molar-refractivity contribution >= 4 is 28.3 Å². The number of piperazine rings is 1. The van der Waals surface area contributed by atoms with Crippen LogP contribution >= 0.6 is 11.6 Å². The maximum absolute atomic E-state index is 11.8. The number of hydrogen-bond acceptors (Lipinski definition) is 2. The minimum absolute atomic E-state index is 0.169. The standard InChI is InChI=1S/C15H15ClN2O/c16-14-4-3-12-7-11(1-2-13(12)8-14)10-18-6-5-17-9-15(18)19/h1-4,7-8,17H,5-6,9-10H2. The van der Waals surface area contributed by atoms with Crippen LogP contribution in [-0.2, 0) is 11.3 Å². The number of rotatable bonds is 2. The third-order valence-electron chi connectivity index (χ3n) is 3.43. The first-order valence-electron chi connectivity index (χ1n) is 6.39. The lowest BCUT2D eigenvalue weighted by atomic mass is 10.1. The fourth-order valence-electron chi connectivity index (χ4n) is 2.40. The van der Waals surface area contributed by atoms with E-state index in [1.807, 2.05) is 23.1 Å². The molecule has 2 aromatic rings. The Labute approximate surface area is 117 Å². The van der Waals surface area contributed by atoms with Crippen LogP contribution in [0, 0.1) is 0 Å². The zero-order chi connectivity index (χ0) is 13.2. The molecule has 0 atom stereocenters. The molecule has 98 valence electrons. The molecule has 0 radical (unpaired) electrons. The van der Waals surface area contributed by atoms with E-state index in [0.29, 0.717) is 13.1 Å². The monoisotopic (exact) mass is 274 g/mol. The highest BCUT2D eigenvalue weighted by molar-refractivity contribution is 6.31. The second-order valence-electron chi connectivity index (χ2n) is 4.82. The van der Waals surface area contributed by atoms with Crippen LogP contribution in [0.25, 0.3) is 10.8 Å². The van der Waals surface area contributed by atoms with E-state index in [1.165, 1.54) is 0 Å². The number of halogens is 1. The summed E-state index contributed by atoms with van der Waals surface area (Å²) in [6, 6.07) is 12.1. The summed E-state index contributed by atoms with van der Waals surface area (Å²) >= 11 is 5.97. The van der Waals surface area contributed by atoms with Gasteiger partial charge in [-0.15, -0.1) is 0 Å². The lowest BCUT2D eigenvalue weighted by Gasteiger charge is -2.27. The summed E-state index contributed by atoms with van der Waals surface area (Å²) < 4.78 is 0. The van der Waals surface area contributed by atoms with Crippen LogP contribution in [0.2, 0.25) is 5.02 Å². The molecule has 3 nitrogen and oxygen atoms in total. The topological polar surface area (TPSA) is 32.3 Å². The molecule has 19 heavy (non-hydrogen) atoms. The van der Waals surface area contributed by atoms with Gasteiger partial charge < -0.3 is 10.2 Å². The van der Waals surface area contributed by atoms with Gasteiger partial charge in [0.1, 0.15) is 0 Å². The summed E-state index contributed by atoms with van der Waals surface area (Å²) in [7, 11) is 0. The Morgan fingerprint density at radius 3 is 2.79 bits per heavy atom. The number of carbonyl (C=O) groups is 1. The van der Waals surface area contributed by atoms with E-state index in [9.17, 15) is 4.79 Å². The second kappa shape index (κ2) is 5.19. The molecule has 1 aliphatic heterocycles. The molecule has 1 heterocycles. The maximum atomic E-state index is 11.8. The lowest BCUT2D eigenvalue weighted by molar-refractivity contribution is -0.132. The maximum Gasteiger partial charge on any atom is 0.236 e. The molecular weight excluding hydrogens is 260 g/mol. The van der Waals surface area contributed by atoms with E-state index >= 15 is 0 Å². The minimum Gasteiger partial charge on any atom is -0.336 e. The summed E-state index contributed by atoms with van der Waals surface area (Å²) in [6.07, 6.45) is 0. The molecule has 0 unspecified atom stereocenters. The number of hydrogen-bond donors (Lipinski definition) is 1. The van der Waals surface area contributed by atoms with Gasteiger partial charge >= 0.3 is 0 Å². The largest absolute Gasteiger partial charge is 0.336 e. The SMILES string of the molecule is O=C1CNCCN1Cc1ccc2cc(Cl)ccc2c1. The molecule has 0 saturated carbocycles. The van der Waals surface area contributed by atoms with E-state index in [-0.39, 0.29) is 5.91 Å². The Kier molecular flexibility index (Phi) is 3.40. The number of nitrogens with one attached hydrogen (secondary N) is 1. The van der Waals surface area contributed by atoms with Crippen LogP contribution in [0.3, 0.4) is 0 Å². The van der Waals surface area contributed by atoms with Crippen molar-refractivity contribution in [1.29, 1.82) is 0 Å². The number of nitrogens with zero attached hydrogens (tertiary/aromatic N) is 1. The Balaban J connectivity index is 1.85. The first kappa shape index (κ1) is 12.5. The fraction of sp³-hybridized carbons (Fsp3) is 0.267. The van der Waals surface area contributed by atoms with Gasteiger partial charge in [-0.1, -0.05) is 29.8 Å². The van der Waals surface area contributed by atoms with Gasteiger partial charge in [0.25, 0.3) is 0 Å². The zero-order valence-corrected chi connectivity index (χ0v) is 11.3. The van der Waals surface area contributed by atoms with E-state index in [0.717, 1.165) is 34.4 Å². The fourth-order valence-corrected chi connectivity index (χ4v) is 2.58. The first-order valence-corrected chi connectivity index (χ1v) is 6.77. The number of amides is 1. The summed E-state index contributed by atoms with van der Waals surface area (Å²) in [4.78, 5) is 13.6. The molecule has 2 aromatic carbocycles. The van der Waals surface area contributed by atoms with Gasteiger partial charge in [0.05, 0.1) is 6.54 Å². The Morgan fingerprint density at radius 1 is 1.16 bits per heavy atom. The number of fused-ring (bicyclic) bond motifs is 1. The Morgan fingerprint density at radius 2 is 1.95 bits per heavy atom. The predicted octanol–water partition coefficient (Wildman–Crippen LogP) is 2.42. The first-order chi connectivity index (χ1) is 9.22. The third kappa shape index (κ3) is 2.72. The van der Waals surface area contributed by atoms with Crippen LogP contribution < -0.4 is 5.32 Å². The Bertz CT molecular complexity index is 627. The van der Waals surface area contributed by atoms with Crippen LogP contribution in [0.1, 0.15) is 5.56 Å². The number of benzene rings is 2. The van der Waals surface area contributed by atoms with Gasteiger partial charge in [-0.3, -0.25) is 4.79 Å². The quantitative estimate of drug-likeness (QED) is 0.912. The highest BCUT2D eigenvalue weighted by Crippen LogP contribution is 2.21. The van der Waals surface area contributed by atoms with Gasteiger partial charge in [-0.25, -0.2) is 0 Å². The van der Waals surface area contributed by atoms with E-state index in [1.54, 1.807) is 0 Å². The van der Waals surface area contributed by atoms with Crippen LogP contribution in [-0.4, -0.2) is 30.4 Å². The van der Waals surface area contributed by atoms with Crippen molar-refractivity contribution in [2.24, 2.45) is 0 Å². The van der Waals surface area contributed by atoms with Crippen molar-refractivity contribution in [3.63, 3.8) is 0 Å². The second-order valence-corrected chi connectivity index (χ2v) is 5.25. The van der Waals surface area contributed by atoms with Crippen molar-refractivity contribution < 1.29 is 4.79 Å². The highest BCUT2D eigenvalue weighted by Gasteiger charge is 2.17. The van der Waals surface area contributed by atoms with Crippen molar-refractivity contribution in [2.75, 3.05) is 19.6 Å². The van der Waals surface area contributed by atoms with E-state index < -0.39 is 0 Å². The van der Waals surface area contributed by atoms with Gasteiger partial charge in [0.2, 0.25) is 5.91 Å². The summed E-state index contributed by atoms with van der Waals surface area (Å²) in [6.45, 7) is 2.77. The van der Waals surface area contributed by atoms with Crippen molar-refractivity contribution in [3.8, 4) is 0 Å². The minimum atomic E-state index is 0.169. The Hall–Kier alpha value is -1.58. The number of carbonyl (C=O) groups excluding carboxylic acids is 1. The van der Waals surface area contributed by atoms with Crippen molar-refractivity contribution in [1.82, 2.24) is 10.2 Å². The molecular formula is C15H15ClN2O. The molecule has 1 fully saturated rings. The third-order valence-corrected chi connectivity index (χ3v) is 3.66. The molecule has 0 aromatic heterocycles. The van der Waals surface area contributed by atoms with Crippen LogP contribution in [0.15, 0.2) is 36.4 Å². The smallest absolute Gasteiger partial charge is 0.236 e. The van der Waals surface area contributed by atoms with Gasteiger partial charge in [-0.2, -0.15) is 0 Å². The van der Waals surface area contributed by atoms with Gasteiger partial charge in [-0.05, 0) is 34.5 Å². The average Bonchev–Trinajstić information content (AvgIpc) is 2.41. The average molecular weight is 275 g/mol. The molecule has 1 saturated heterocycles. The van der Waals surface area contributed by atoms with Crippen molar-refractivity contribution in [3.05, 3.63) is 47.0 Å². The molecule has 4 heteroatoms. The summed E-state index contributed by atoms with van der Waals surface area (Å²) in [5.41, 5.74) is 1.16. The molecule has 0 bridgehead atoms. The van der Waals surface area contributed by atoms with Gasteiger partial charge in [0.15, 0.2) is 0 Å². The molecule has 3 rings (SSSR count). The van der Waals surface area contributed by atoms with Crippen LogP contribution in [0.4, 0.5) is 0 Å². The van der Waals surface area contributed by atoms with E-state index in [4.69, 9.17) is 11.6 Å².